The Morgan fingerprint density at radius 2 is 2.13 bits per heavy atom. The fraction of sp³-hybridized carbons (Fsp3) is 0.615. The summed E-state index contributed by atoms with van der Waals surface area (Å²) in [6.45, 7) is 0.738. The van der Waals surface area contributed by atoms with Crippen LogP contribution in [0.5, 0.6) is 0 Å². The molecule has 1 N–H and O–H groups in total. The molecule has 1 fully saturated rings. The molecular formula is C13H19NO. The molecule has 2 rings (SSSR count). The highest BCUT2D eigenvalue weighted by Crippen LogP contribution is 2.23. The van der Waals surface area contributed by atoms with Crippen LogP contribution in [0.25, 0.3) is 0 Å². The van der Waals surface area contributed by atoms with Crippen LogP contribution in [0.2, 0.25) is 0 Å². The first-order valence-corrected chi connectivity index (χ1v) is 5.98. The zero-order chi connectivity index (χ0) is 10.5. The summed E-state index contributed by atoms with van der Waals surface area (Å²) in [7, 11) is 0. The third-order valence-corrected chi connectivity index (χ3v) is 3.31. The van der Waals surface area contributed by atoms with Gasteiger partial charge in [-0.3, -0.25) is 4.79 Å². The van der Waals surface area contributed by atoms with E-state index in [1.807, 2.05) is 0 Å². The molecule has 0 heterocycles. The highest BCUT2D eigenvalue weighted by molar-refractivity contribution is 5.78. The predicted molar refractivity (Wildman–Crippen MR) is 61.4 cm³/mol. The lowest BCUT2D eigenvalue weighted by Gasteiger charge is -2.20. The van der Waals surface area contributed by atoms with Crippen LogP contribution >= 0.6 is 0 Å². The van der Waals surface area contributed by atoms with Gasteiger partial charge in [-0.05, 0) is 24.8 Å². The second-order valence-electron chi connectivity index (χ2n) is 4.51. The van der Waals surface area contributed by atoms with Gasteiger partial charge in [-0.15, -0.1) is 0 Å². The molecule has 2 aliphatic rings. The van der Waals surface area contributed by atoms with Crippen molar-refractivity contribution in [2.45, 2.75) is 38.5 Å². The fourth-order valence-electron chi connectivity index (χ4n) is 2.33. The first-order chi connectivity index (χ1) is 7.36. The van der Waals surface area contributed by atoms with Gasteiger partial charge in [-0.1, -0.05) is 37.5 Å². The average molecular weight is 205 g/mol. The monoisotopic (exact) mass is 205 g/mol. The molecule has 2 heteroatoms. The van der Waals surface area contributed by atoms with Crippen molar-refractivity contribution in [1.29, 1.82) is 0 Å². The van der Waals surface area contributed by atoms with E-state index in [-0.39, 0.29) is 11.8 Å². The summed E-state index contributed by atoms with van der Waals surface area (Å²) < 4.78 is 0. The molecule has 1 amide bonds. The van der Waals surface area contributed by atoms with Gasteiger partial charge in [-0.25, -0.2) is 0 Å². The van der Waals surface area contributed by atoms with Gasteiger partial charge in [0.2, 0.25) is 5.91 Å². The summed E-state index contributed by atoms with van der Waals surface area (Å²) in [5, 5.41) is 3.05. The molecule has 0 unspecified atom stereocenters. The van der Waals surface area contributed by atoms with E-state index in [4.69, 9.17) is 0 Å². The van der Waals surface area contributed by atoms with Gasteiger partial charge in [0.05, 0.1) is 0 Å². The molecule has 0 saturated heterocycles. The van der Waals surface area contributed by atoms with Crippen LogP contribution in [-0.4, -0.2) is 12.5 Å². The standard InChI is InChI=1S/C13H19NO/c15-13(12-8-2-1-3-9-12)14-10-11-6-4-5-7-11/h4-6,12H,1-3,7-10H2,(H,14,15). The molecule has 0 bridgehead atoms. The molecule has 0 aromatic heterocycles. The largest absolute Gasteiger partial charge is 0.352 e. The van der Waals surface area contributed by atoms with Crippen molar-refractivity contribution >= 4 is 5.91 Å². The number of hydrogen-bond acceptors (Lipinski definition) is 1. The predicted octanol–water partition coefficient (Wildman–Crippen LogP) is 2.57. The second kappa shape index (κ2) is 5.15. The van der Waals surface area contributed by atoms with Crippen LogP contribution in [0.15, 0.2) is 23.8 Å². The molecule has 0 atom stereocenters. The maximum atomic E-state index is 11.8. The van der Waals surface area contributed by atoms with Gasteiger partial charge in [-0.2, -0.15) is 0 Å². The summed E-state index contributed by atoms with van der Waals surface area (Å²) >= 11 is 0. The number of carbonyl (C=O) groups is 1. The molecule has 0 aromatic carbocycles. The van der Waals surface area contributed by atoms with Gasteiger partial charge in [0.15, 0.2) is 0 Å². The number of allylic oxidation sites excluding steroid dienone is 3. The Kier molecular flexibility index (Phi) is 3.59. The van der Waals surface area contributed by atoms with E-state index in [1.54, 1.807) is 0 Å². The van der Waals surface area contributed by atoms with Crippen LogP contribution in [0.3, 0.4) is 0 Å². The van der Waals surface area contributed by atoms with E-state index in [0.717, 1.165) is 25.8 Å². The highest BCUT2D eigenvalue weighted by atomic mass is 16.1. The van der Waals surface area contributed by atoms with Crippen molar-refractivity contribution < 1.29 is 4.79 Å². The Morgan fingerprint density at radius 1 is 1.33 bits per heavy atom. The van der Waals surface area contributed by atoms with Crippen molar-refractivity contribution in [1.82, 2.24) is 5.32 Å². The Bertz CT molecular complexity index is 285. The first kappa shape index (κ1) is 10.5. The number of rotatable bonds is 3. The molecule has 0 aliphatic heterocycles. The van der Waals surface area contributed by atoms with E-state index in [9.17, 15) is 4.79 Å². The molecule has 82 valence electrons. The summed E-state index contributed by atoms with van der Waals surface area (Å²) in [5.74, 6) is 0.552. The SMILES string of the molecule is O=C(NCC1=CC=CC1)C1CCCCC1. The van der Waals surface area contributed by atoms with Crippen LogP contribution in [0, 0.1) is 5.92 Å². The molecule has 1 saturated carbocycles. The number of amides is 1. The summed E-state index contributed by atoms with van der Waals surface area (Å²) in [6, 6.07) is 0. The Morgan fingerprint density at radius 3 is 2.80 bits per heavy atom. The van der Waals surface area contributed by atoms with E-state index in [1.165, 1.54) is 24.8 Å². The summed E-state index contributed by atoms with van der Waals surface area (Å²) in [5.41, 5.74) is 1.32. The lowest BCUT2D eigenvalue weighted by Crippen LogP contribution is -2.33. The minimum absolute atomic E-state index is 0.266. The van der Waals surface area contributed by atoms with Gasteiger partial charge in [0.25, 0.3) is 0 Å². The number of hydrogen-bond donors (Lipinski definition) is 1. The van der Waals surface area contributed by atoms with Crippen molar-refractivity contribution in [3.05, 3.63) is 23.8 Å². The molecule has 15 heavy (non-hydrogen) atoms. The fourth-order valence-corrected chi connectivity index (χ4v) is 2.33. The minimum atomic E-state index is 0.266. The third-order valence-electron chi connectivity index (χ3n) is 3.31. The maximum Gasteiger partial charge on any atom is 0.223 e. The average Bonchev–Trinajstić information content (AvgIpc) is 2.80. The van der Waals surface area contributed by atoms with Crippen LogP contribution in [0.4, 0.5) is 0 Å². The van der Waals surface area contributed by atoms with Gasteiger partial charge < -0.3 is 5.32 Å². The smallest absolute Gasteiger partial charge is 0.223 e. The van der Waals surface area contributed by atoms with Crippen LogP contribution in [0.1, 0.15) is 38.5 Å². The topological polar surface area (TPSA) is 29.1 Å². The Hall–Kier alpha value is -1.05. The third kappa shape index (κ3) is 2.95. The van der Waals surface area contributed by atoms with Gasteiger partial charge in [0.1, 0.15) is 0 Å². The number of nitrogens with one attached hydrogen (secondary N) is 1. The molecule has 2 aliphatic carbocycles. The zero-order valence-corrected chi connectivity index (χ0v) is 9.17. The van der Waals surface area contributed by atoms with Gasteiger partial charge >= 0.3 is 0 Å². The molecular weight excluding hydrogens is 186 g/mol. The highest BCUT2D eigenvalue weighted by Gasteiger charge is 2.20. The quantitative estimate of drug-likeness (QED) is 0.753. The maximum absolute atomic E-state index is 11.8. The van der Waals surface area contributed by atoms with Crippen molar-refractivity contribution in [2.24, 2.45) is 5.92 Å². The molecule has 0 spiro atoms. The van der Waals surface area contributed by atoms with Crippen molar-refractivity contribution in [2.75, 3.05) is 6.54 Å². The molecule has 0 radical (unpaired) electrons. The van der Waals surface area contributed by atoms with Gasteiger partial charge in [0, 0.05) is 12.5 Å². The first-order valence-electron chi connectivity index (χ1n) is 5.98. The minimum Gasteiger partial charge on any atom is -0.352 e. The summed E-state index contributed by atoms with van der Waals surface area (Å²) in [6.07, 6.45) is 13.2. The van der Waals surface area contributed by atoms with Crippen LogP contribution in [-0.2, 0) is 4.79 Å². The van der Waals surface area contributed by atoms with E-state index >= 15 is 0 Å². The zero-order valence-electron chi connectivity index (χ0n) is 9.17. The molecule has 0 aromatic rings. The number of carbonyl (C=O) groups excluding carboxylic acids is 1. The van der Waals surface area contributed by atoms with Crippen molar-refractivity contribution in [3.63, 3.8) is 0 Å². The summed E-state index contributed by atoms with van der Waals surface area (Å²) in [4.78, 5) is 11.8. The van der Waals surface area contributed by atoms with E-state index in [2.05, 4.69) is 23.5 Å². The second-order valence-corrected chi connectivity index (χ2v) is 4.51. The van der Waals surface area contributed by atoms with Crippen LogP contribution < -0.4 is 5.32 Å². The molecule has 2 nitrogen and oxygen atoms in total. The Balaban J connectivity index is 1.71. The van der Waals surface area contributed by atoms with Crippen molar-refractivity contribution in [3.8, 4) is 0 Å². The Labute approximate surface area is 91.4 Å². The lowest BCUT2D eigenvalue weighted by atomic mass is 9.88. The van der Waals surface area contributed by atoms with E-state index < -0.39 is 0 Å². The lowest BCUT2D eigenvalue weighted by molar-refractivity contribution is -0.125. The van der Waals surface area contributed by atoms with E-state index in [0.29, 0.717) is 0 Å². The normalized spacial score (nSPS) is 21.5.